The maximum absolute atomic E-state index is 12.9. The van der Waals surface area contributed by atoms with Crippen molar-refractivity contribution in [2.75, 3.05) is 5.75 Å². The van der Waals surface area contributed by atoms with Crippen molar-refractivity contribution < 1.29 is 9.18 Å². The van der Waals surface area contributed by atoms with Crippen LogP contribution in [0.15, 0.2) is 59.6 Å². The predicted octanol–water partition coefficient (Wildman–Crippen LogP) is 4.31. The standard InChI is InChI=1S/C21H20FN3OS/c1-14-3-7-17(8-4-14)21-24-15(2)11-20(25-21)27-13-19(26)23-12-16-5-9-18(22)10-6-16/h3-11H,12-13H2,1-2H3,(H,23,26). The molecule has 1 aromatic heterocycles. The topological polar surface area (TPSA) is 54.9 Å². The van der Waals surface area contributed by atoms with Gasteiger partial charge in [0, 0.05) is 17.8 Å². The molecule has 0 aliphatic carbocycles. The quantitative estimate of drug-likeness (QED) is 0.511. The van der Waals surface area contributed by atoms with Gasteiger partial charge in [0.1, 0.15) is 10.8 Å². The van der Waals surface area contributed by atoms with Crippen molar-refractivity contribution >= 4 is 17.7 Å². The van der Waals surface area contributed by atoms with Gasteiger partial charge in [-0.1, -0.05) is 53.7 Å². The van der Waals surface area contributed by atoms with E-state index in [2.05, 4.69) is 15.3 Å². The van der Waals surface area contributed by atoms with E-state index < -0.39 is 0 Å². The fraction of sp³-hybridized carbons (Fsp3) is 0.190. The summed E-state index contributed by atoms with van der Waals surface area (Å²) in [6.45, 7) is 4.32. The molecule has 0 radical (unpaired) electrons. The Morgan fingerprint density at radius 1 is 1.04 bits per heavy atom. The first-order valence-electron chi connectivity index (χ1n) is 8.56. The van der Waals surface area contributed by atoms with Crippen LogP contribution >= 0.6 is 11.8 Å². The Kier molecular flexibility index (Phi) is 6.19. The Labute approximate surface area is 162 Å². The number of hydrogen-bond donors (Lipinski definition) is 1. The lowest BCUT2D eigenvalue weighted by molar-refractivity contribution is -0.118. The lowest BCUT2D eigenvalue weighted by atomic mass is 10.1. The molecule has 1 amide bonds. The molecule has 27 heavy (non-hydrogen) atoms. The van der Waals surface area contributed by atoms with E-state index in [9.17, 15) is 9.18 Å². The Balaban J connectivity index is 1.59. The van der Waals surface area contributed by atoms with Crippen molar-refractivity contribution in [3.63, 3.8) is 0 Å². The van der Waals surface area contributed by atoms with Gasteiger partial charge in [0.15, 0.2) is 5.82 Å². The van der Waals surface area contributed by atoms with Gasteiger partial charge in [-0.3, -0.25) is 4.79 Å². The van der Waals surface area contributed by atoms with Gasteiger partial charge in [-0.25, -0.2) is 14.4 Å². The summed E-state index contributed by atoms with van der Waals surface area (Å²) in [5, 5.41) is 3.59. The van der Waals surface area contributed by atoms with E-state index in [-0.39, 0.29) is 17.5 Å². The zero-order chi connectivity index (χ0) is 19.2. The molecule has 0 spiro atoms. The lowest BCUT2D eigenvalue weighted by Crippen LogP contribution is -2.24. The third kappa shape index (κ3) is 5.62. The number of carbonyl (C=O) groups excluding carboxylic acids is 1. The van der Waals surface area contributed by atoms with Crippen LogP contribution in [0, 0.1) is 19.7 Å². The minimum absolute atomic E-state index is 0.0996. The second-order valence-electron chi connectivity index (χ2n) is 6.23. The summed E-state index contributed by atoms with van der Waals surface area (Å²) in [7, 11) is 0. The number of nitrogens with zero attached hydrogens (tertiary/aromatic N) is 2. The Morgan fingerprint density at radius 2 is 1.74 bits per heavy atom. The maximum Gasteiger partial charge on any atom is 0.230 e. The summed E-state index contributed by atoms with van der Waals surface area (Å²) >= 11 is 1.37. The highest BCUT2D eigenvalue weighted by Gasteiger charge is 2.08. The molecule has 3 rings (SSSR count). The number of aryl methyl sites for hydroxylation is 2. The molecular weight excluding hydrogens is 361 g/mol. The SMILES string of the molecule is Cc1ccc(-c2nc(C)cc(SCC(=O)NCc3ccc(F)cc3)n2)cc1. The molecule has 1 N–H and O–H groups in total. The summed E-state index contributed by atoms with van der Waals surface area (Å²) in [5.41, 5.74) is 3.84. The second kappa shape index (κ2) is 8.77. The number of carbonyl (C=O) groups is 1. The zero-order valence-corrected chi connectivity index (χ0v) is 16.0. The van der Waals surface area contributed by atoms with Crippen molar-refractivity contribution in [1.29, 1.82) is 0 Å². The van der Waals surface area contributed by atoms with E-state index in [4.69, 9.17) is 0 Å². The van der Waals surface area contributed by atoms with E-state index in [0.29, 0.717) is 12.4 Å². The van der Waals surface area contributed by atoms with Crippen LogP contribution in [0.25, 0.3) is 11.4 Å². The Hall–Kier alpha value is -2.73. The number of rotatable bonds is 6. The Bertz CT molecular complexity index is 927. The van der Waals surface area contributed by atoms with Gasteiger partial charge in [0.25, 0.3) is 0 Å². The van der Waals surface area contributed by atoms with E-state index in [1.807, 2.05) is 44.2 Å². The molecule has 138 valence electrons. The van der Waals surface area contributed by atoms with E-state index >= 15 is 0 Å². The molecule has 0 saturated heterocycles. The van der Waals surface area contributed by atoms with Crippen molar-refractivity contribution in [3.8, 4) is 11.4 Å². The second-order valence-corrected chi connectivity index (χ2v) is 7.22. The molecule has 0 saturated carbocycles. The molecule has 2 aromatic carbocycles. The molecule has 3 aromatic rings. The van der Waals surface area contributed by atoms with Crippen LogP contribution in [0.4, 0.5) is 4.39 Å². The highest BCUT2D eigenvalue weighted by Crippen LogP contribution is 2.22. The van der Waals surface area contributed by atoms with Crippen LogP contribution in [-0.2, 0) is 11.3 Å². The minimum Gasteiger partial charge on any atom is -0.351 e. The fourth-order valence-corrected chi connectivity index (χ4v) is 3.22. The average Bonchev–Trinajstić information content (AvgIpc) is 2.66. The largest absolute Gasteiger partial charge is 0.351 e. The number of aromatic nitrogens is 2. The molecule has 0 fully saturated rings. The van der Waals surface area contributed by atoms with Gasteiger partial charge in [-0.05, 0) is 37.6 Å². The van der Waals surface area contributed by atoms with Crippen molar-refractivity contribution in [1.82, 2.24) is 15.3 Å². The van der Waals surface area contributed by atoms with Crippen LogP contribution < -0.4 is 5.32 Å². The van der Waals surface area contributed by atoms with E-state index in [1.165, 1.54) is 29.5 Å². The van der Waals surface area contributed by atoms with Gasteiger partial charge < -0.3 is 5.32 Å². The molecular formula is C21H20FN3OS. The molecule has 1 heterocycles. The third-order valence-corrected chi connectivity index (χ3v) is 4.81. The summed E-state index contributed by atoms with van der Waals surface area (Å²) < 4.78 is 12.9. The molecule has 0 bridgehead atoms. The van der Waals surface area contributed by atoms with E-state index in [1.54, 1.807) is 12.1 Å². The van der Waals surface area contributed by atoms with Gasteiger partial charge in [-0.2, -0.15) is 0 Å². The zero-order valence-electron chi connectivity index (χ0n) is 15.2. The monoisotopic (exact) mass is 381 g/mol. The summed E-state index contributed by atoms with van der Waals surface area (Å²) in [6.07, 6.45) is 0. The Morgan fingerprint density at radius 3 is 2.44 bits per heavy atom. The smallest absolute Gasteiger partial charge is 0.230 e. The van der Waals surface area contributed by atoms with Crippen LogP contribution in [0.3, 0.4) is 0 Å². The maximum atomic E-state index is 12.9. The summed E-state index contributed by atoms with van der Waals surface area (Å²) in [4.78, 5) is 21.1. The minimum atomic E-state index is -0.288. The van der Waals surface area contributed by atoms with Crippen LogP contribution in [-0.4, -0.2) is 21.6 Å². The summed E-state index contributed by atoms with van der Waals surface area (Å²) in [6, 6.07) is 16.0. The average molecular weight is 381 g/mol. The number of halogens is 1. The first-order chi connectivity index (χ1) is 13.0. The van der Waals surface area contributed by atoms with Crippen molar-refractivity contribution in [2.24, 2.45) is 0 Å². The van der Waals surface area contributed by atoms with Crippen LogP contribution in [0.1, 0.15) is 16.8 Å². The van der Waals surface area contributed by atoms with E-state index in [0.717, 1.165) is 21.8 Å². The first-order valence-corrected chi connectivity index (χ1v) is 9.55. The number of hydrogen-bond acceptors (Lipinski definition) is 4. The predicted molar refractivity (Wildman–Crippen MR) is 106 cm³/mol. The van der Waals surface area contributed by atoms with Gasteiger partial charge in [0.2, 0.25) is 5.91 Å². The molecule has 0 aliphatic rings. The van der Waals surface area contributed by atoms with Crippen LogP contribution in [0.2, 0.25) is 0 Å². The fourth-order valence-electron chi connectivity index (χ4n) is 2.44. The molecule has 4 nitrogen and oxygen atoms in total. The normalized spacial score (nSPS) is 10.6. The molecule has 0 aliphatic heterocycles. The van der Waals surface area contributed by atoms with Crippen molar-refractivity contribution in [3.05, 3.63) is 77.2 Å². The summed E-state index contributed by atoms with van der Waals surface area (Å²) in [5.74, 6) is 0.524. The number of amides is 1. The van der Waals surface area contributed by atoms with Crippen molar-refractivity contribution in [2.45, 2.75) is 25.4 Å². The first kappa shape index (κ1) is 19.0. The molecule has 0 unspecified atom stereocenters. The number of benzene rings is 2. The molecule has 6 heteroatoms. The van der Waals surface area contributed by atoms with Crippen LogP contribution in [0.5, 0.6) is 0 Å². The lowest BCUT2D eigenvalue weighted by Gasteiger charge is -2.07. The van der Waals surface area contributed by atoms with Gasteiger partial charge in [-0.15, -0.1) is 0 Å². The third-order valence-electron chi connectivity index (χ3n) is 3.89. The van der Waals surface area contributed by atoms with Gasteiger partial charge in [0.05, 0.1) is 5.75 Å². The highest BCUT2D eigenvalue weighted by atomic mass is 32.2. The number of thioether (sulfide) groups is 1. The van der Waals surface area contributed by atoms with Gasteiger partial charge >= 0.3 is 0 Å². The highest BCUT2D eigenvalue weighted by molar-refractivity contribution is 7.99. The molecule has 0 atom stereocenters. The number of nitrogens with one attached hydrogen (secondary N) is 1.